The van der Waals surface area contributed by atoms with Gasteiger partial charge in [-0.2, -0.15) is 0 Å². The fourth-order valence-electron chi connectivity index (χ4n) is 3.21. The van der Waals surface area contributed by atoms with Crippen molar-refractivity contribution in [3.63, 3.8) is 0 Å². The molecule has 0 radical (unpaired) electrons. The zero-order valence-corrected chi connectivity index (χ0v) is 15.1. The second kappa shape index (κ2) is 9.00. The van der Waals surface area contributed by atoms with Crippen molar-refractivity contribution in [3.8, 4) is 0 Å². The minimum absolute atomic E-state index is 0.0249. The van der Waals surface area contributed by atoms with Gasteiger partial charge in [0.25, 0.3) is 0 Å². The first-order valence-electron chi connectivity index (χ1n) is 8.92. The molecule has 0 aliphatic carbocycles. The van der Waals surface area contributed by atoms with Gasteiger partial charge in [0, 0.05) is 36.9 Å². The molecule has 1 aromatic carbocycles. The number of carbonyl (C=O) groups is 1. The minimum atomic E-state index is -0.115. The van der Waals surface area contributed by atoms with E-state index in [-0.39, 0.29) is 17.5 Å². The Labute approximate surface area is 145 Å². The first-order chi connectivity index (χ1) is 11.6. The normalized spacial score (nSPS) is 18.9. The molecule has 1 heterocycles. The maximum atomic E-state index is 12.2. The molecule has 1 atom stereocenters. The van der Waals surface area contributed by atoms with E-state index >= 15 is 0 Å². The average molecular weight is 330 g/mol. The number of allylic oxidation sites excluding steroid dienone is 1. The quantitative estimate of drug-likeness (QED) is 0.754. The third kappa shape index (κ3) is 5.18. The molecule has 2 N–H and O–H groups in total. The number of benzene rings is 1. The zero-order chi connectivity index (χ0) is 17.4. The molecule has 1 aromatic rings. The average Bonchev–Trinajstić information content (AvgIpc) is 2.61. The highest BCUT2D eigenvalue weighted by atomic mass is 16.5. The fraction of sp³-hybridized carbons (Fsp3) is 0.550. The third-order valence-electron chi connectivity index (χ3n) is 4.73. The Kier molecular flexibility index (Phi) is 7.00. The number of carbonyl (C=O) groups excluding carboxylic acids is 1. The maximum absolute atomic E-state index is 12.2. The second-order valence-corrected chi connectivity index (χ2v) is 6.65. The summed E-state index contributed by atoms with van der Waals surface area (Å²) in [5.74, 6) is 0.0249. The van der Waals surface area contributed by atoms with E-state index in [4.69, 9.17) is 4.74 Å². The maximum Gasteiger partial charge on any atom is 0.246 e. The van der Waals surface area contributed by atoms with Crippen molar-refractivity contribution in [2.75, 3.05) is 19.8 Å². The van der Waals surface area contributed by atoms with Crippen LogP contribution in [0.25, 0.3) is 0 Å². The van der Waals surface area contributed by atoms with Crippen LogP contribution >= 0.6 is 0 Å². The number of hydrogen-bond donors (Lipinski definition) is 2. The van der Waals surface area contributed by atoms with Crippen molar-refractivity contribution >= 4 is 5.91 Å². The summed E-state index contributed by atoms with van der Waals surface area (Å²) in [4.78, 5) is 12.2. The molecule has 0 bridgehead atoms. The predicted molar refractivity (Wildman–Crippen MR) is 97.8 cm³/mol. The monoisotopic (exact) mass is 330 g/mol. The van der Waals surface area contributed by atoms with Crippen LogP contribution in [0.5, 0.6) is 0 Å². The lowest BCUT2D eigenvalue weighted by Crippen LogP contribution is -2.57. The van der Waals surface area contributed by atoms with E-state index in [2.05, 4.69) is 41.8 Å². The summed E-state index contributed by atoms with van der Waals surface area (Å²) in [6.45, 7) is 8.18. The number of ether oxygens (including phenoxy) is 1. The summed E-state index contributed by atoms with van der Waals surface area (Å²) >= 11 is 0. The van der Waals surface area contributed by atoms with Crippen LogP contribution in [-0.4, -0.2) is 31.2 Å². The highest BCUT2D eigenvalue weighted by Gasteiger charge is 2.34. The molecule has 4 heteroatoms. The van der Waals surface area contributed by atoms with Gasteiger partial charge in [0.15, 0.2) is 0 Å². The molecule has 0 spiro atoms. The molecular formula is C20H30N2O2. The van der Waals surface area contributed by atoms with Crippen molar-refractivity contribution < 1.29 is 9.53 Å². The van der Waals surface area contributed by atoms with Crippen LogP contribution in [0.3, 0.4) is 0 Å². The van der Waals surface area contributed by atoms with Gasteiger partial charge in [-0.25, -0.2) is 0 Å². The highest BCUT2D eigenvalue weighted by molar-refractivity contribution is 5.92. The standard InChI is InChI=1S/C20H30N2O2/c1-4-8-16(2)19(23)21-15-20(11-13-24-14-12-20)22-17(3)18-9-6-5-7-10-18/h5-10,17,22H,4,11-15H2,1-3H3,(H,21,23)/b16-8-/t17-/m1/s1. The van der Waals surface area contributed by atoms with E-state index in [1.807, 2.05) is 26.0 Å². The van der Waals surface area contributed by atoms with Crippen molar-refractivity contribution in [1.82, 2.24) is 10.6 Å². The van der Waals surface area contributed by atoms with Gasteiger partial charge >= 0.3 is 0 Å². The lowest BCUT2D eigenvalue weighted by atomic mass is 9.88. The van der Waals surface area contributed by atoms with Gasteiger partial charge in [-0.1, -0.05) is 43.3 Å². The van der Waals surface area contributed by atoms with Gasteiger partial charge in [0.2, 0.25) is 5.91 Å². The van der Waals surface area contributed by atoms with E-state index in [0.29, 0.717) is 6.54 Å². The Bertz CT molecular complexity index is 548. The Morgan fingerprint density at radius 1 is 1.29 bits per heavy atom. The third-order valence-corrected chi connectivity index (χ3v) is 4.73. The molecule has 1 fully saturated rings. The molecule has 0 saturated carbocycles. The van der Waals surface area contributed by atoms with Gasteiger partial charge in [-0.3, -0.25) is 4.79 Å². The molecule has 0 aromatic heterocycles. The van der Waals surface area contributed by atoms with Gasteiger partial charge in [0.1, 0.15) is 0 Å². The highest BCUT2D eigenvalue weighted by Crippen LogP contribution is 2.25. The molecule has 1 amide bonds. The molecule has 24 heavy (non-hydrogen) atoms. The molecule has 4 nitrogen and oxygen atoms in total. The summed E-state index contributed by atoms with van der Waals surface area (Å²) in [7, 11) is 0. The summed E-state index contributed by atoms with van der Waals surface area (Å²) in [6.07, 6.45) is 4.65. The van der Waals surface area contributed by atoms with E-state index in [1.54, 1.807) is 0 Å². The van der Waals surface area contributed by atoms with Gasteiger partial charge in [-0.05, 0) is 38.7 Å². The smallest absolute Gasteiger partial charge is 0.246 e. The van der Waals surface area contributed by atoms with Crippen LogP contribution in [0.1, 0.15) is 51.6 Å². The second-order valence-electron chi connectivity index (χ2n) is 6.65. The molecular weight excluding hydrogens is 300 g/mol. The predicted octanol–water partition coefficient (Wildman–Crippen LogP) is 3.36. The fourth-order valence-corrected chi connectivity index (χ4v) is 3.21. The van der Waals surface area contributed by atoms with Crippen LogP contribution in [0.15, 0.2) is 42.0 Å². The summed E-state index contributed by atoms with van der Waals surface area (Å²) in [5, 5.41) is 6.87. The number of hydrogen-bond acceptors (Lipinski definition) is 3. The lowest BCUT2D eigenvalue weighted by molar-refractivity contribution is -0.118. The SMILES string of the molecule is CC/C=C(/C)C(=O)NCC1(N[C@H](C)c2ccccc2)CCOCC1. The molecule has 1 aliphatic heterocycles. The van der Waals surface area contributed by atoms with E-state index < -0.39 is 0 Å². The number of nitrogens with one attached hydrogen (secondary N) is 2. The van der Waals surface area contributed by atoms with Crippen LogP contribution in [-0.2, 0) is 9.53 Å². The largest absolute Gasteiger partial charge is 0.381 e. The number of amides is 1. The first-order valence-corrected chi connectivity index (χ1v) is 8.92. The van der Waals surface area contributed by atoms with Crippen LogP contribution in [0.4, 0.5) is 0 Å². The summed E-state index contributed by atoms with van der Waals surface area (Å²) in [6, 6.07) is 10.7. The Hall–Kier alpha value is -1.65. The van der Waals surface area contributed by atoms with Crippen molar-refractivity contribution in [1.29, 1.82) is 0 Å². The minimum Gasteiger partial charge on any atom is -0.381 e. The van der Waals surface area contributed by atoms with Crippen LogP contribution in [0.2, 0.25) is 0 Å². The molecule has 2 rings (SSSR count). The van der Waals surface area contributed by atoms with Gasteiger partial charge < -0.3 is 15.4 Å². The molecule has 132 valence electrons. The Morgan fingerprint density at radius 2 is 1.96 bits per heavy atom. The summed E-state index contributed by atoms with van der Waals surface area (Å²) in [5.41, 5.74) is 1.93. The van der Waals surface area contributed by atoms with E-state index in [9.17, 15) is 4.79 Å². The molecule has 0 unspecified atom stereocenters. The summed E-state index contributed by atoms with van der Waals surface area (Å²) < 4.78 is 5.54. The van der Waals surface area contributed by atoms with Crippen molar-refractivity contribution in [2.45, 2.75) is 51.6 Å². The van der Waals surface area contributed by atoms with Crippen LogP contribution < -0.4 is 10.6 Å². The van der Waals surface area contributed by atoms with Crippen molar-refractivity contribution in [3.05, 3.63) is 47.5 Å². The molecule has 1 saturated heterocycles. The Balaban J connectivity index is 2.03. The van der Waals surface area contributed by atoms with E-state index in [0.717, 1.165) is 38.0 Å². The zero-order valence-electron chi connectivity index (χ0n) is 15.1. The molecule has 1 aliphatic rings. The Morgan fingerprint density at radius 3 is 2.58 bits per heavy atom. The number of rotatable bonds is 7. The van der Waals surface area contributed by atoms with Gasteiger partial charge in [0.05, 0.1) is 0 Å². The topological polar surface area (TPSA) is 50.4 Å². The lowest BCUT2D eigenvalue weighted by Gasteiger charge is -2.40. The van der Waals surface area contributed by atoms with E-state index in [1.165, 1.54) is 5.56 Å². The van der Waals surface area contributed by atoms with Crippen molar-refractivity contribution in [2.24, 2.45) is 0 Å². The first kappa shape index (κ1) is 18.7. The van der Waals surface area contributed by atoms with Gasteiger partial charge in [-0.15, -0.1) is 0 Å². The van der Waals surface area contributed by atoms with Crippen LogP contribution in [0, 0.1) is 0 Å².